The van der Waals surface area contributed by atoms with Gasteiger partial charge in [-0.05, 0) is 93.3 Å². The predicted octanol–water partition coefficient (Wildman–Crippen LogP) is 4.74. The highest BCUT2D eigenvalue weighted by molar-refractivity contribution is 5.94. The SMILES string of the molecule is CN(C(=O)C#Cc1ccc(C(F)(F)F)cc1)[C@@H]1CC[C@H]2[C@H]3Cc4c(O)ccc5c4[C@@]2(CCN3CC2CC2)[C@H]1O5. The zero-order valence-corrected chi connectivity index (χ0v) is 21.8. The number of phenols is 1. The Bertz CT molecular complexity index is 1390. The molecule has 1 spiro atoms. The molecule has 7 rings (SSSR count). The molecule has 5 atom stereocenters. The number of nitrogens with zero attached hydrogens (tertiary/aromatic N) is 2. The first-order chi connectivity index (χ1) is 18.7. The topological polar surface area (TPSA) is 53.0 Å². The van der Waals surface area contributed by atoms with Crippen molar-refractivity contribution in [2.45, 2.75) is 68.3 Å². The van der Waals surface area contributed by atoms with E-state index in [0.717, 1.165) is 73.7 Å². The van der Waals surface area contributed by atoms with Crippen LogP contribution in [0.4, 0.5) is 13.2 Å². The van der Waals surface area contributed by atoms with Crippen LogP contribution in [-0.4, -0.2) is 59.1 Å². The van der Waals surface area contributed by atoms with Gasteiger partial charge in [-0.2, -0.15) is 13.2 Å². The zero-order chi connectivity index (χ0) is 27.1. The van der Waals surface area contributed by atoms with Crippen molar-refractivity contribution in [3.8, 4) is 23.3 Å². The second-order valence-corrected chi connectivity index (χ2v) is 12.0. The molecule has 1 N–H and O–H groups in total. The van der Waals surface area contributed by atoms with Crippen LogP contribution < -0.4 is 4.74 Å². The summed E-state index contributed by atoms with van der Waals surface area (Å²) < 4.78 is 45.3. The third-order valence-corrected chi connectivity index (χ3v) is 9.95. The molecule has 2 heterocycles. The number of alkyl halides is 3. The highest BCUT2D eigenvalue weighted by atomic mass is 19.4. The van der Waals surface area contributed by atoms with Crippen LogP contribution in [0.5, 0.6) is 11.5 Å². The molecule has 3 aliphatic carbocycles. The Morgan fingerprint density at radius 3 is 2.64 bits per heavy atom. The van der Waals surface area contributed by atoms with Gasteiger partial charge in [-0.1, -0.05) is 5.92 Å². The number of rotatable bonds is 3. The van der Waals surface area contributed by atoms with E-state index in [-0.39, 0.29) is 23.5 Å². The molecule has 5 aliphatic rings. The predicted molar refractivity (Wildman–Crippen MR) is 138 cm³/mol. The van der Waals surface area contributed by atoms with Gasteiger partial charge < -0.3 is 14.7 Å². The Balaban J connectivity index is 1.18. The van der Waals surface area contributed by atoms with Crippen LogP contribution >= 0.6 is 0 Å². The summed E-state index contributed by atoms with van der Waals surface area (Å²) in [6.07, 6.45) is 1.51. The van der Waals surface area contributed by atoms with Gasteiger partial charge in [-0.25, -0.2) is 0 Å². The number of likely N-dealkylation sites (tertiary alicyclic amines) is 1. The van der Waals surface area contributed by atoms with Crippen molar-refractivity contribution in [2.75, 3.05) is 20.1 Å². The first-order valence-electron chi connectivity index (χ1n) is 13.9. The molecule has 39 heavy (non-hydrogen) atoms. The maximum absolute atomic E-state index is 13.2. The van der Waals surface area contributed by atoms with Gasteiger partial charge in [0.15, 0.2) is 0 Å². The minimum Gasteiger partial charge on any atom is -0.508 e. The molecule has 8 heteroatoms. The number of aromatic hydroxyl groups is 1. The molecule has 0 aromatic heterocycles. The maximum Gasteiger partial charge on any atom is 0.416 e. The molecule has 3 fully saturated rings. The van der Waals surface area contributed by atoms with Gasteiger partial charge in [0.1, 0.15) is 17.6 Å². The lowest BCUT2D eigenvalue weighted by Gasteiger charge is -2.60. The standard InChI is InChI=1S/C31H31F3N2O3/c1-35(27(38)13-6-18-4-7-20(8-5-18)31(32,33)34)23-10-9-22-24-16-21-25(37)11-12-26-28(21)30(22,29(23)39-26)14-15-36(24)17-19-2-3-19/h4-5,7-8,11-12,19,22-24,29,37H,2-3,9-10,14-17H2,1H3/t22-,23+,24+,29-,30-/m0/s1. The molecule has 2 aromatic rings. The van der Waals surface area contributed by atoms with Gasteiger partial charge in [0, 0.05) is 47.7 Å². The van der Waals surface area contributed by atoms with Crippen molar-refractivity contribution < 1.29 is 27.8 Å². The van der Waals surface area contributed by atoms with Crippen molar-refractivity contribution >= 4 is 5.91 Å². The van der Waals surface area contributed by atoms with Crippen molar-refractivity contribution in [1.82, 2.24) is 9.80 Å². The molecule has 1 amide bonds. The van der Waals surface area contributed by atoms with E-state index in [9.17, 15) is 23.1 Å². The largest absolute Gasteiger partial charge is 0.508 e. The van der Waals surface area contributed by atoms with E-state index >= 15 is 0 Å². The first kappa shape index (κ1) is 24.8. The number of halogens is 3. The Labute approximate surface area is 225 Å². The number of hydrogen-bond donors (Lipinski definition) is 1. The average Bonchev–Trinajstić information content (AvgIpc) is 3.67. The van der Waals surface area contributed by atoms with Crippen LogP contribution in [-0.2, 0) is 22.8 Å². The van der Waals surface area contributed by atoms with Crippen molar-refractivity contribution in [3.63, 3.8) is 0 Å². The summed E-state index contributed by atoms with van der Waals surface area (Å²) >= 11 is 0. The van der Waals surface area contributed by atoms with Crippen LogP contribution in [0.25, 0.3) is 0 Å². The van der Waals surface area contributed by atoms with Gasteiger partial charge in [-0.3, -0.25) is 9.69 Å². The monoisotopic (exact) mass is 536 g/mol. The van der Waals surface area contributed by atoms with Crippen molar-refractivity contribution in [1.29, 1.82) is 0 Å². The molecule has 2 aromatic carbocycles. The summed E-state index contributed by atoms with van der Waals surface area (Å²) in [5.41, 5.74) is 1.53. The Morgan fingerprint density at radius 1 is 1.15 bits per heavy atom. The smallest absolute Gasteiger partial charge is 0.416 e. The van der Waals surface area contributed by atoms with E-state index in [0.29, 0.717) is 23.3 Å². The number of phenolic OH excluding ortho intramolecular Hbond substituents is 1. The molecule has 5 nitrogen and oxygen atoms in total. The molecule has 0 radical (unpaired) electrons. The van der Waals surface area contributed by atoms with E-state index in [2.05, 4.69) is 16.7 Å². The fourth-order valence-corrected chi connectivity index (χ4v) is 7.97. The highest BCUT2D eigenvalue weighted by Crippen LogP contribution is 2.63. The summed E-state index contributed by atoms with van der Waals surface area (Å²) in [5.74, 6) is 7.36. The van der Waals surface area contributed by atoms with Crippen LogP contribution in [0.3, 0.4) is 0 Å². The minimum atomic E-state index is -4.41. The lowest BCUT2D eigenvalue weighted by Crippen LogP contribution is -2.69. The number of benzene rings is 2. The Kier molecular flexibility index (Phi) is 5.51. The van der Waals surface area contributed by atoms with Crippen LogP contribution in [0.1, 0.15) is 54.4 Å². The number of likely N-dealkylation sites (N-methyl/N-ethyl adjacent to an activating group) is 1. The number of carbonyl (C=O) groups is 1. The summed E-state index contributed by atoms with van der Waals surface area (Å²) in [6.45, 7) is 2.12. The third-order valence-electron chi connectivity index (χ3n) is 9.95. The van der Waals surface area contributed by atoms with E-state index in [1.54, 1.807) is 18.0 Å². The van der Waals surface area contributed by atoms with Gasteiger partial charge in [0.2, 0.25) is 0 Å². The van der Waals surface area contributed by atoms with Crippen LogP contribution in [0.2, 0.25) is 0 Å². The molecule has 0 unspecified atom stereocenters. The number of hydrogen-bond acceptors (Lipinski definition) is 4. The summed E-state index contributed by atoms with van der Waals surface area (Å²) in [6, 6.07) is 8.31. The van der Waals surface area contributed by atoms with Gasteiger partial charge >= 0.3 is 6.18 Å². The van der Waals surface area contributed by atoms with Crippen molar-refractivity contribution in [2.24, 2.45) is 11.8 Å². The normalized spacial score (nSPS) is 30.6. The van der Waals surface area contributed by atoms with Gasteiger partial charge in [0.25, 0.3) is 5.91 Å². The fraction of sp³-hybridized carbons (Fsp3) is 0.516. The average molecular weight is 537 g/mol. The first-order valence-corrected chi connectivity index (χ1v) is 13.9. The van der Waals surface area contributed by atoms with Gasteiger partial charge in [-0.15, -0.1) is 0 Å². The molecular weight excluding hydrogens is 505 g/mol. The molecular formula is C31H31F3N2O3. The molecule has 2 bridgehead atoms. The lowest BCUT2D eigenvalue weighted by molar-refractivity contribution is -0.137. The number of carbonyl (C=O) groups excluding carboxylic acids is 1. The summed E-state index contributed by atoms with van der Waals surface area (Å²) in [7, 11) is 1.75. The van der Waals surface area contributed by atoms with Crippen LogP contribution in [0, 0.1) is 23.7 Å². The second-order valence-electron chi connectivity index (χ2n) is 12.0. The quantitative estimate of drug-likeness (QED) is 0.576. The zero-order valence-electron chi connectivity index (χ0n) is 21.8. The third kappa shape index (κ3) is 3.84. The number of ether oxygens (including phenoxy) is 1. The molecule has 1 saturated heterocycles. The van der Waals surface area contributed by atoms with Crippen LogP contribution in [0.15, 0.2) is 36.4 Å². The minimum absolute atomic E-state index is 0.188. The summed E-state index contributed by atoms with van der Waals surface area (Å²) in [5, 5.41) is 10.9. The molecule has 2 aliphatic heterocycles. The number of amides is 1. The number of piperidine rings is 1. The molecule has 204 valence electrons. The Morgan fingerprint density at radius 2 is 1.92 bits per heavy atom. The fourth-order valence-electron chi connectivity index (χ4n) is 7.97. The Hall–Kier alpha value is -3.18. The molecule has 2 saturated carbocycles. The second kappa shape index (κ2) is 8.66. The van der Waals surface area contributed by atoms with Crippen molar-refractivity contribution in [3.05, 3.63) is 58.7 Å². The summed E-state index contributed by atoms with van der Waals surface area (Å²) in [4.78, 5) is 17.6. The van der Waals surface area contributed by atoms with E-state index in [1.165, 1.54) is 25.0 Å². The lowest BCUT2D eigenvalue weighted by atomic mass is 9.51. The van der Waals surface area contributed by atoms with Gasteiger partial charge in [0.05, 0.1) is 11.6 Å². The maximum atomic E-state index is 13.2. The van der Waals surface area contributed by atoms with E-state index < -0.39 is 11.7 Å². The highest BCUT2D eigenvalue weighted by Gasteiger charge is 2.66. The van der Waals surface area contributed by atoms with E-state index in [4.69, 9.17) is 4.74 Å². The van der Waals surface area contributed by atoms with E-state index in [1.807, 2.05) is 6.07 Å².